The molecule has 27 heavy (non-hydrogen) atoms. The van der Waals surface area contributed by atoms with E-state index >= 15 is 0 Å². The number of anilines is 1. The van der Waals surface area contributed by atoms with Crippen LogP contribution in [0.15, 0.2) is 36.4 Å². The number of carboxylic acid groups (broad SMARTS) is 1. The highest BCUT2D eigenvalue weighted by molar-refractivity contribution is 5.93. The molecule has 0 atom stereocenters. The molecule has 0 radical (unpaired) electrons. The van der Waals surface area contributed by atoms with Gasteiger partial charge in [-0.2, -0.15) is 0 Å². The Bertz CT molecular complexity index is 881. The molecular weight excluding hydrogens is 360 g/mol. The van der Waals surface area contributed by atoms with Crippen molar-refractivity contribution in [3.63, 3.8) is 0 Å². The number of ether oxygens (including phenoxy) is 3. The second-order valence-corrected chi connectivity index (χ2v) is 5.15. The number of nitro benzene ring substituents is 1. The van der Waals surface area contributed by atoms with Crippen molar-refractivity contribution in [2.24, 2.45) is 0 Å². The maximum atomic E-state index is 12.1. The zero-order valence-corrected chi connectivity index (χ0v) is 14.4. The van der Waals surface area contributed by atoms with Gasteiger partial charge in [0, 0.05) is 12.1 Å². The molecule has 2 N–H and O–H groups in total. The third-order valence-electron chi connectivity index (χ3n) is 3.44. The minimum Gasteiger partial charge on any atom is -0.497 e. The number of amides is 1. The Hall–Kier alpha value is -3.82. The van der Waals surface area contributed by atoms with Gasteiger partial charge in [0.2, 0.25) is 0 Å². The molecule has 142 valence electrons. The number of nitro groups is 1. The number of nitrogens with one attached hydrogen (secondary N) is 1. The predicted octanol–water partition coefficient (Wildman–Crippen LogP) is 2.33. The van der Waals surface area contributed by atoms with Crippen LogP contribution in [0, 0.1) is 10.1 Å². The number of rotatable bonds is 8. The molecule has 0 aliphatic rings. The molecule has 10 nitrogen and oxygen atoms in total. The summed E-state index contributed by atoms with van der Waals surface area (Å²) in [4.78, 5) is 33.3. The Balaban J connectivity index is 2.10. The average molecular weight is 376 g/mol. The van der Waals surface area contributed by atoms with Crippen LogP contribution in [-0.2, 0) is 4.79 Å². The van der Waals surface area contributed by atoms with Crippen molar-refractivity contribution in [2.45, 2.75) is 0 Å². The molecule has 0 bridgehead atoms. The van der Waals surface area contributed by atoms with Crippen LogP contribution < -0.4 is 19.5 Å². The zero-order valence-electron chi connectivity index (χ0n) is 14.4. The molecular formula is C17H16N2O8. The number of carbonyl (C=O) groups is 2. The van der Waals surface area contributed by atoms with E-state index in [1.54, 1.807) is 18.2 Å². The minimum atomic E-state index is -1.31. The summed E-state index contributed by atoms with van der Waals surface area (Å²) in [6.07, 6.45) is 0. The van der Waals surface area contributed by atoms with Crippen LogP contribution in [0.3, 0.4) is 0 Å². The van der Waals surface area contributed by atoms with Crippen LogP contribution in [-0.4, -0.2) is 42.7 Å². The molecule has 2 rings (SSSR count). The number of methoxy groups -OCH3 is 2. The van der Waals surface area contributed by atoms with E-state index < -0.39 is 29.1 Å². The fourth-order valence-electron chi connectivity index (χ4n) is 2.15. The third-order valence-corrected chi connectivity index (χ3v) is 3.44. The van der Waals surface area contributed by atoms with E-state index in [-0.39, 0.29) is 11.3 Å². The van der Waals surface area contributed by atoms with Gasteiger partial charge in [-0.15, -0.1) is 0 Å². The lowest BCUT2D eigenvalue weighted by molar-refractivity contribution is -0.385. The summed E-state index contributed by atoms with van der Waals surface area (Å²) in [6.45, 7) is -0.525. The van der Waals surface area contributed by atoms with Gasteiger partial charge in [0.25, 0.3) is 5.91 Å². The highest BCUT2D eigenvalue weighted by atomic mass is 16.6. The Morgan fingerprint density at radius 1 is 1.11 bits per heavy atom. The van der Waals surface area contributed by atoms with Crippen LogP contribution in [0.4, 0.5) is 11.4 Å². The predicted molar refractivity (Wildman–Crippen MR) is 93.7 cm³/mol. The largest absolute Gasteiger partial charge is 0.497 e. The Labute approximate surface area is 153 Å². The lowest BCUT2D eigenvalue weighted by atomic mass is 10.2. The smallest absolute Gasteiger partial charge is 0.335 e. The number of benzene rings is 2. The molecule has 1 amide bonds. The Kier molecular flexibility index (Phi) is 6.15. The first-order valence-electron chi connectivity index (χ1n) is 7.52. The van der Waals surface area contributed by atoms with Gasteiger partial charge in [-0.1, -0.05) is 0 Å². The standard InChI is InChI=1S/C17H16N2O8/c1-25-11-4-5-12(15(8-11)26-2)18-16(20)9-27-14-6-3-10(17(21)22)7-13(14)19(23)24/h3-8H,9H2,1-2H3,(H,18,20)(H,21,22). The first-order valence-corrected chi connectivity index (χ1v) is 7.52. The number of nitrogens with zero attached hydrogens (tertiary/aromatic N) is 1. The van der Waals surface area contributed by atoms with Gasteiger partial charge in [0.1, 0.15) is 11.5 Å². The minimum absolute atomic E-state index is 0.221. The van der Waals surface area contributed by atoms with E-state index in [4.69, 9.17) is 19.3 Å². The number of carbonyl (C=O) groups excluding carboxylic acids is 1. The molecule has 0 aliphatic heterocycles. The topological polar surface area (TPSA) is 137 Å². The van der Waals surface area contributed by atoms with Gasteiger partial charge in [0.15, 0.2) is 12.4 Å². The monoisotopic (exact) mass is 376 g/mol. The molecule has 0 spiro atoms. The second kappa shape index (κ2) is 8.52. The molecule has 2 aromatic carbocycles. The van der Waals surface area contributed by atoms with Crippen LogP contribution in [0.2, 0.25) is 0 Å². The molecule has 0 unspecified atom stereocenters. The normalized spacial score (nSPS) is 10.0. The van der Waals surface area contributed by atoms with Gasteiger partial charge in [-0.05, 0) is 24.3 Å². The van der Waals surface area contributed by atoms with Crippen LogP contribution in [0.1, 0.15) is 10.4 Å². The second-order valence-electron chi connectivity index (χ2n) is 5.15. The SMILES string of the molecule is COc1ccc(NC(=O)COc2ccc(C(=O)O)cc2[N+](=O)[O-])c(OC)c1. The van der Waals surface area contributed by atoms with E-state index in [0.717, 1.165) is 18.2 Å². The highest BCUT2D eigenvalue weighted by Crippen LogP contribution is 2.30. The van der Waals surface area contributed by atoms with Gasteiger partial charge in [-0.25, -0.2) is 4.79 Å². The number of hydrogen-bond acceptors (Lipinski definition) is 7. The van der Waals surface area contributed by atoms with E-state index in [1.807, 2.05) is 0 Å². The summed E-state index contributed by atoms with van der Waals surface area (Å²) in [5, 5.41) is 22.5. The molecule has 0 saturated heterocycles. The van der Waals surface area contributed by atoms with Crippen molar-refractivity contribution in [1.82, 2.24) is 0 Å². The molecule has 0 heterocycles. The summed E-state index contributed by atoms with van der Waals surface area (Å²) in [7, 11) is 2.91. The molecule has 10 heteroatoms. The molecule has 0 aromatic heterocycles. The van der Waals surface area contributed by atoms with Crippen molar-refractivity contribution in [3.05, 3.63) is 52.1 Å². The van der Waals surface area contributed by atoms with Crippen LogP contribution >= 0.6 is 0 Å². The number of aromatic carboxylic acids is 1. The fraction of sp³-hybridized carbons (Fsp3) is 0.176. The summed E-state index contributed by atoms with van der Waals surface area (Å²) in [5.74, 6) is -1.22. The summed E-state index contributed by atoms with van der Waals surface area (Å²) in [6, 6.07) is 7.90. The van der Waals surface area contributed by atoms with E-state index in [1.165, 1.54) is 14.2 Å². The zero-order chi connectivity index (χ0) is 20.0. The van der Waals surface area contributed by atoms with Crippen LogP contribution in [0.5, 0.6) is 17.2 Å². The van der Waals surface area contributed by atoms with E-state index in [9.17, 15) is 19.7 Å². The van der Waals surface area contributed by atoms with Gasteiger partial charge >= 0.3 is 11.7 Å². The molecule has 0 saturated carbocycles. The third kappa shape index (κ3) is 4.84. The van der Waals surface area contributed by atoms with Crippen molar-refractivity contribution in [2.75, 3.05) is 26.1 Å². The maximum Gasteiger partial charge on any atom is 0.335 e. The lowest BCUT2D eigenvalue weighted by Crippen LogP contribution is -2.21. The molecule has 0 aliphatic carbocycles. The fourth-order valence-corrected chi connectivity index (χ4v) is 2.15. The van der Waals surface area contributed by atoms with Gasteiger partial charge in [-0.3, -0.25) is 14.9 Å². The number of carboxylic acids is 1. The Morgan fingerprint density at radius 2 is 1.85 bits per heavy atom. The maximum absolute atomic E-state index is 12.1. The summed E-state index contributed by atoms with van der Waals surface area (Å²) in [5.41, 5.74) is -0.450. The van der Waals surface area contributed by atoms with Crippen molar-refractivity contribution >= 4 is 23.3 Å². The Morgan fingerprint density at radius 3 is 2.44 bits per heavy atom. The molecule has 2 aromatic rings. The van der Waals surface area contributed by atoms with Crippen molar-refractivity contribution in [1.29, 1.82) is 0 Å². The first kappa shape index (κ1) is 19.5. The number of hydrogen-bond donors (Lipinski definition) is 2. The summed E-state index contributed by atoms with van der Waals surface area (Å²) >= 11 is 0. The first-order chi connectivity index (χ1) is 12.8. The molecule has 0 fully saturated rings. The van der Waals surface area contributed by atoms with Crippen molar-refractivity contribution in [3.8, 4) is 17.2 Å². The van der Waals surface area contributed by atoms with E-state index in [2.05, 4.69) is 5.32 Å². The lowest BCUT2D eigenvalue weighted by Gasteiger charge is -2.12. The van der Waals surface area contributed by atoms with Crippen LogP contribution in [0.25, 0.3) is 0 Å². The van der Waals surface area contributed by atoms with Crippen molar-refractivity contribution < 1.29 is 33.8 Å². The quantitative estimate of drug-likeness (QED) is 0.529. The van der Waals surface area contributed by atoms with Gasteiger partial charge in [0.05, 0.1) is 30.4 Å². The highest BCUT2D eigenvalue weighted by Gasteiger charge is 2.19. The summed E-state index contributed by atoms with van der Waals surface area (Å²) < 4.78 is 15.4. The van der Waals surface area contributed by atoms with Gasteiger partial charge < -0.3 is 24.6 Å². The van der Waals surface area contributed by atoms with E-state index in [0.29, 0.717) is 17.2 Å². The average Bonchev–Trinajstić information content (AvgIpc) is 2.66.